The maximum absolute atomic E-state index is 5.75. The molecule has 0 fully saturated rings. The molecule has 0 atom stereocenters. The number of hydrogen-bond acceptors (Lipinski definition) is 4. The molecule has 0 radical (unpaired) electrons. The van der Waals surface area contributed by atoms with E-state index in [2.05, 4.69) is 31.0 Å². The van der Waals surface area contributed by atoms with Crippen molar-refractivity contribution >= 4 is 17.7 Å². The normalized spacial score (nSPS) is 11.2. The smallest absolute Gasteiger partial charge is 0.222 e. The molecule has 0 aromatic carbocycles. The molecule has 0 amide bonds. The Morgan fingerprint density at radius 1 is 1.33 bits per heavy atom. The largest absolute Gasteiger partial charge is 0.368 e. The summed E-state index contributed by atoms with van der Waals surface area (Å²) in [7, 11) is 0. The second kappa shape index (κ2) is 6.00. The molecular weight excluding hydrogens is 208 g/mol. The number of anilines is 1. The molecule has 1 aromatic heterocycles. The van der Waals surface area contributed by atoms with Gasteiger partial charge in [-0.25, -0.2) is 0 Å². The molecule has 1 aromatic rings. The van der Waals surface area contributed by atoms with Crippen molar-refractivity contribution in [3.05, 3.63) is 0 Å². The van der Waals surface area contributed by atoms with Gasteiger partial charge >= 0.3 is 0 Å². The van der Waals surface area contributed by atoms with Gasteiger partial charge in [-0.05, 0) is 20.3 Å². The number of nitrogens with two attached hydrogens (primary N) is 1. The van der Waals surface area contributed by atoms with Crippen molar-refractivity contribution in [2.75, 3.05) is 11.5 Å². The van der Waals surface area contributed by atoms with E-state index >= 15 is 0 Å². The van der Waals surface area contributed by atoms with Crippen LogP contribution in [0.5, 0.6) is 0 Å². The molecule has 0 aliphatic carbocycles. The third-order valence-corrected chi connectivity index (χ3v) is 3.22. The van der Waals surface area contributed by atoms with Gasteiger partial charge in [-0.2, -0.15) is 0 Å². The topological polar surface area (TPSA) is 56.7 Å². The summed E-state index contributed by atoms with van der Waals surface area (Å²) in [5.74, 6) is 1.61. The monoisotopic (exact) mass is 228 g/mol. The van der Waals surface area contributed by atoms with Crippen molar-refractivity contribution < 1.29 is 0 Å². The van der Waals surface area contributed by atoms with Crippen molar-refractivity contribution in [2.24, 2.45) is 0 Å². The molecule has 2 N–H and O–H groups in total. The molecule has 15 heavy (non-hydrogen) atoms. The van der Waals surface area contributed by atoms with Gasteiger partial charge in [0.1, 0.15) is 0 Å². The molecule has 0 aliphatic heterocycles. The van der Waals surface area contributed by atoms with E-state index in [1.54, 1.807) is 11.8 Å². The minimum absolute atomic E-state index is 0.327. The van der Waals surface area contributed by atoms with Gasteiger partial charge in [0.15, 0.2) is 5.16 Å². The van der Waals surface area contributed by atoms with Gasteiger partial charge in [-0.1, -0.05) is 31.5 Å². The fourth-order valence-electron chi connectivity index (χ4n) is 1.39. The molecule has 0 spiro atoms. The van der Waals surface area contributed by atoms with Crippen LogP contribution < -0.4 is 5.73 Å². The first-order chi connectivity index (χ1) is 7.16. The van der Waals surface area contributed by atoms with Crippen molar-refractivity contribution in [3.63, 3.8) is 0 Å². The van der Waals surface area contributed by atoms with Crippen LogP contribution in [0.15, 0.2) is 5.16 Å². The number of thioether (sulfide) groups is 1. The number of rotatable bonds is 6. The number of aromatic nitrogens is 3. The number of unbranched alkanes of at least 4 members (excludes halogenated alkanes) is 2. The fourth-order valence-corrected chi connectivity index (χ4v) is 2.46. The zero-order valence-corrected chi connectivity index (χ0v) is 10.5. The Morgan fingerprint density at radius 2 is 2.07 bits per heavy atom. The fraction of sp³-hybridized carbons (Fsp3) is 0.800. The summed E-state index contributed by atoms with van der Waals surface area (Å²) < 4.78 is 1.98. The van der Waals surface area contributed by atoms with E-state index in [9.17, 15) is 0 Å². The average molecular weight is 228 g/mol. The Kier molecular flexibility index (Phi) is 4.94. The summed E-state index contributed by atoms with van der Waals surface area (Å²) in [4.78, 5) is 0. The van der Waals surface area contributed by atoms with E-state index in [-0.39, 0.29) is 0 Å². The molecule has 0 saturated carbocycles. The Morgan fingerprint density at radius 3 is 2.67 bits per heavy atom. The van der Waals surface area contributed by atoms with Crippen LogP contribution in [0.2, 0.25) is 0 Å². The lowest BCUT2D eigenvalue weighted by molar-refractivity contribution is 0.557. The SMILES string of the molecule is CCCCCSc1nnc(N)n1C(C)C. The third-order valence-electron chi connectivity index (χ3n) is 2.19. The van der Waals surface area contributed by atoms with Crippen LogP contribution in [-0.4, -0.2) is 20.5 Å². The molecule has 4 nitrogen and oxygen atoms in total. The van der Waals surface area contributed by atoms with Gasteiger partial charge in [0.25, 0.3) is 0 Å². The predicted molar refractivity (Wildman–Crippen MR) is 65.1 cm³/mol. The lowest BCUT2D eigenvalue weighted by Gasteiger charge is -2.10. The van der Waals surface area contributed by atoms with Gasteiger partial charge in [-0.3, -0.25) is 4.57 Å². The van der Waals surface area contributed by atoms with E-state index in [0.717, 1.165) is 10.9 Å². The van der Waals surface area contributed by atoms with Crippen LogP contribution >= 0.6 is 11.8 Å². The average Bonchev–Trinajstić information content (AvgIpc) is 2.54. The molecule has 86 valence electrons. The Bertz CT molecular complexity index is 296. The molecule has 0 saturated heterocycles. The molecule has 0 unspecified atom stereocenters. The zero-order valence-electron chi connectivity index (χ0n) is 9.73. The van der Waals surface area contributed by atoms with Gasteiger partial charge in [0.2, 0.25) is 5.95 Å². The van der Waals surface area contributed by atoms with E-state index in [4.69, 9.17) is 5.73 Å². The third kappa shape index (κ3) is 3.41. The van der Waals surface area contributed by atoms with E-state index in [0.29, 0.717) is 12.0 Å². The second-order valence-corrected chi connectivity index (χ2v) is 4.92. The van der Waals surface area contributed by atoms with Crippen LogP contribution in [0, 0.1) is 0 Å². The predicted octanol–water partition coefficient (Wildman–Crippen LogP) is 2.72. The van der Waals surface area contributed by atoms with Crippen LogP contribution in [-0.2, 0) is 0 Å². The Balaban J connectivity index is 2.53. The van der Waals surface area contributed by atoms with Crippen LogP contribution in [0.4, 0.5) is 5.95 Å². The summed E-state index contributed by atoms with van der Waals surface area (Å²) in [5, 5.41) is 8.94. The van der Waals surface area contributed by atoms with Gasteiger partial charge in [-0.15, -0.1) is 10.2 Å². The highest BCUT2D eigenvalue weighted by atomic mass is 32.2. The highest BCUT2D eigenvalue weighted by Gasteiger charge is 2.11. The highest BCUT2D eigenvalue weighted by molar-refractivity contribution is 7.99. The Hall–Kier alpha value is -0.710. The summed E-state index contributed by atoms with van der Waals surface area (Å²) in [6, 6.07) is 0.327. The lowest BCUT2D eigenvalue weighted by Crippen LogP contribution is -2.07. The summed E-state index contributed by atoms with van der Waals surface area (Å²) in [6.07, 6.45) is 3.75. The minimum Gasteiger partial charge on any atom is -0.368 e. The first kappa shape index (κ1) is 12.4. The molecule has 5 heteroatoms. The molecular formula is C10H20N4S. The van der Waals surface area contributed by atoms with Crippen molar-refractivity contribution in [1.29, 1.82) is 0 Å². The van der Waals surface area contributed by atoms with E-state index in [1.807, 2.05) is 4.57 Å². The Labute approximate surface area is 95.6 Å². The number of nitrogen functional groups attached to an aromatic ring is 1. The number of nitrogens with zero attached hydrogens (tertiary/aromatic N) is 3. The summed E-state index contributed by atoms with van der Waals surface area (Å²) >= 11 is 1.75. The first-order valence-electron chi connectivity index (χ1n) is 5.50. The molecule has 0 bridgehead atoms. The van der Waals surface area contributed by atoms with Crippen molar-refractivity contribution in [2.45, 2.75) is 51.2 Å². The van der Waals surface area contributed by atoms with Gasteiger partial charge < -0.3 is 5.73 Å². The highest BCUT2D eigenvalue weighted by Crippen LogP contribution is 2.23. The zero-order chi connectivity index (χ0) is 11.3. The first-order valence-corrected chi connectivity index (χ1v) is 6.48. The van der Waals surface area contributed by atoms with E-state index in [1.165, 1.54) is 19.3 Å². The molecule has 1 heterocycles. The standard InChI is InChI=1S/C10H20N4S/c1-4-5-6-7-15-10-13-12-9(11)14(10)8(2)3/h8H,4-7H2,1-3H3,(H2,11,12). The summed E-state index contributed by atoms with van der Waals surface area (Å²) in [5.41, 5.74) is 5.75. The maximum atomic E-state index is 5.75. The molecule has 1 rings (SSSR count). The molecule has 0 aliphatic rings. The van der Waals surface area contributed by atoms with Crippen molar-refractivity contribution in [3.8, 4) is 0 Å². The minimum atomic E-state index is 0.327. The van der Waals surface area contributed by atoms with Gasteiger partial charge in [0.05, 0.1) is 0 Å². The van der Waals surface area contributed by atoms with Crippen molar-refractivity contribution in [1.82, 2.24) is 14.8 Å². The van der Waals surface area contributed by atoms with Gasteiger partial charge in [0, 0.05) is 11.8 Å². The summed E-state index contributed by atoms with van der Waals surface area (Å²) in [6.45, 7) is 6.39. The van der Waals surface area contributed by atoms with Crippen LogP contribution in [0.3, 0.4) is 0 Å². The van der Waals surface area contributed by atoms with Crippen LogP contribution in [0.25, 0.3) is 0 Å². The second-order valence-electron chi connectivity index (χ2n) is 3.86. The quantitative estimate of drug-likeness (QED) is 0.601. The number of hydrogen-bond donors (Lipinski definition) is 1. The van der Waals surface area contributed by atoms with Crippen LogP contribution in [0.1, 0.15) is 46.1 Å². The lowest BCUT2D eigenvalue weighted by atomic mass is 10.3. The van der Waals surface area contributed by atoms with E-state index < -0.39 is 0 Å². The maximum Gasteiger partial charge on any atom is 0.222 e.